The summed E-state index contributed by atoms with van der Waals surface area (Å²) in [4.78, 5) is 22.2. The second kappa shape index (κ2) is 6.09. The van der Waals surface area contributed by atoms with E-state index in [2.05, 4.69) is 10.1 Å². The van der Waals surface area contributed by atoms with Crippen LogP contribution >= 0.6 is 0 Å². The summed E-state index contributed by atoms with van der Waals surface area (Å²) >= 11 is 0. The Labute approximate surface area is 122 Å². The van der Waals surface area contributed by atoms with Crippen LogP contribution in [-0.4, -0.2) is 36.8 Å². The molecule has 1 aliphatic heterocycles. The van der Waals surface area contributed by atoms with E-state index in [9.17, 15) is 14.9 Å². The van der Waals surface area contributed by atoms with Crippen LogP contribution in [0.1, 0.15) is 30.1 Å². The highest BCUT2D eigenvalue weighted by atomic mass is 16.6. The molecule has 2 rings (SSSR count). The van der Waals surface area contributed by atoms with Gasteiger partial charge in [0.2, 0.25) is 0 Å². The van der Waals surface area contributed by atoms with E-state index >= 15 is 0 Å². The van der Waals surface area contributed by atoms with Crippen LogP contribution in [0.2, 0.25) is 0 Å². The molecule has 114 valence electrons. The quantitative estimate of drug-likeness (QED) is 0.521. The maximum absolute atomic E-state index is 11.6. The highest BCUT2D eigenvalue weighted by molar-refractivity contribution is 5.91. The van der Waals surface area contributed by atoms with E-state index < -0.39 is 16.4 Å². The van der Waals surface area contributed by atoms with Gasteiger partial charge in [-0.2, -0.15) is 0 Å². The van der Waals surface area contributed by atoms with Gasteiger partial charge in [0.25, 0.3) is 5.69 Å². The lowest BCUT2D eigenvalue weighted by Crippen LogP contribution is -2.43. The van der Waals surface area contributed by atoms with Crippen molar-refractivity contribution in [3.05, 3.63) is 33.9 Å². The van der Waals surface area contributed by atoms with Crippen LogP contribution in [0, 0.1) is 10.1 Å². The van der Waals surface area contributed by atoms with Crippen LogP contribution in [0.3, 0.4) is 0 Å². The zero-order chi connectivity index (χ0) is 15.5. The number of rotatable bonds is 4. The molecule has 1 fully saturated rings. The molecule has 1 unspecified atom stereocenters. The monoisotopic (exact) mass is 294 g/mol. The van der Waals surface area contributed by atoms with E-state index in [1.807, 2.05) is 6.92 Å². The predicted octanol–water partition coefficient (Wildman–Crippen LogP) is 2.36. The number of carbonyl (C=O) groups excluding carboxylic acids is 1. The maximum atomic E-state index is 11.6. The largest absolute Gasteiger partial charge is 0.465 e. The fourth-order valence-corrected chi connectivity index (χ4v) is 2.40. The van der Waals surface area contributed by atoms with Gasteiger partial charge < -0.3 is 14.8 Å². The van der Waals surface area contributed by atoms with Crippen molar-refractivity contribution in [3.63, 3.8) is 0 Å². The van der Waals surface area contributed by atoms with Crippen molar-refractivity contribution in [3.8, 4) is 0 Å². The average Bonchev–Trinajstić information content (AvgIpc) is 2.46. The molecular formula is C14H18N2O5. The van der Waals surface area contributed by atoms with Gasteiger partial charge in [-0.3, -0.25) is 10.1 Å². The fraction of sp³-hybridized carbons (Fsp3) is 0.500. The zero-order valence-electron chi connectivity index (χ0n) is 12.0. The fourth-order valence-electron chi connectivity index (χ4n) is 2.40. The minimum atomic E-state index is -0.530. The molecule has 0 spiro atoms. The lowest BCUT2D eigenvalue weighted by molar-refractivity contribution is -0.384. The summed E-state index contributed by atoms with van der Waals surface area (Å²) < 4.78 is 10.1. The van der Waals surface area contributed by atoms with Gasteiger partial charge in [-0.25, -0.2) is 4.79 Å². The molecule has 1 aromatic carbocycles. The van der Waals surface area contributed by atoms with Gasteiger partial charge in [-0.1, -0.05) is 0 Å². The van der Waals surface area contributed by atoms with Gasteiger partial charge in [0, 0.05) is 12.7 Å². The summed E-state index contributed by atoms with van der Waals surface area (Å²) in [5.41, 5.74) is 0.105. The van der Waals surface area contributed by atoms with Crippen molar-refractivity contribution >= 4 is 17.3 Å². The van der Waals surface area contributed by atoms with E-state index in [0.717, 1.165) is 12.8 Å². The summed E-state index contributed by atoms with van der Waals surface area (Å²) in [5, 5.41) is 14.3. The van der Waals surface area contributed by atoms with Crippen LogP contribution in [0.5, 0.6) is 0 Å². The number of esters is 1. The normalized spacial score (nSPS) is 21.6. The first-order valence-corrected chi connectivity index (χ1v) is 6.68. The second-order valence-corrected chi connectivity index (χ2v) is 5.32. The molecule has 0 aromatic heterocycles. The minimum absolute atomic E-state index is 0.0746. The van der Waals surface area contributed by atoms with Crippen LogP contribution in [0.4, 0.5) is 11.4 Å². The summed E-state index contributed by atoms with van der Waals surface area (Å²) in [7, 11) is 1.27. The number of hydrogen-bond donors (Lipinski definition) is 1. The molecule has 1 saturated heterocycles. The standard InChI is InChI=1S/C14H18N2O5/c1-14(6-3-7-21-9-14)15-11-8-10(13(17)20-2)4-5-12(11)16(18)19/h4-5,8,15H,3,6-7,9H2,1-2H3. The van der Waals surface area contributed by atoms with Crippen molar-refractivity contribution in [1.82, 2.24) is 0 Å². The molecule has 1 heterocycles. The first kappa shape index (κ1) is 15.2. The molecule has 1 aromatic rings. The molecule has 1 N–H and O–H groups in total. The number of hydrogen-bond acceptors (Lipinski definition) is 6. The Bertz CT molecular complexity index is 552. The van der Waals surface area contributed by atoms with Gasteiger partial charge in [0.1, 0.15) is 5.69 Å². The summed E-state index contributed by atoms with van der Waals surface area (Å²) in [6, 6.07) is 4.14. The smallest absolute Gasteiger partial charge is 0.337 e. The van der Waals surface area contributed by atoms with Gasteiger partial charge >= 0.3 is 5.97 Å². The number of anilines is 1. The van der Waals surface area contributed by atoms with Crippen molar-refractivity contribution in [2.75, 3.05) is 25.6 Å². The first-order chi connectivity index (χ1) is 9.95. The Morgan fingerprint density at radius 3 is 2.86 bits per heavy atom. The SMILES string of the molecule is COC(=O)c1ccc([N+](=O)[O-])c(NC2(C)CCCOC2)c1. The summed E-state index contributed by atoms with van der Waals surface area (Å²) in [6.45, 7) is 3.11. The number of nitro groups is 1. The first-order valence-electron chi connectivity index (χ1n) is 6.68. The van der Waals surface area contributed by atoms with Crippen LogP contribution in [0.15, 0.2) is 18.2 Å². The molecule has 0 amide bonds. The molecule has 0 saturated carbocycles. The molecule has 1 aliphatic rings. The van der Waals surface area contributed by atoms with Crippen LogP contribution < -0.4 is 5.32 Å². The molecule has 0 aliphatic carbocycles. The highest BCUT2D eigenvalue weighted by Gasteiger charge is 2.30. The highest BCUT2D eigenvalue weighted by Crippen LogP contribution is 2.31. The van der Waals surface area contributed by atoms with Crippen molar-refractivity contribution in [1.29, 1.82) is 0 Å². The number of nitro benzene ring substituents is 1. The Morgan fingerprint density at radius 1 is 1.52 bits per heavy atom. The third-order valence-electron chi connectivity index (χ3n) is 3.49. The molecule has 0 radical (unpaired) electrons. The van der Waals surface area contributed by atoms with Gasteiger partial charge in [-0.15, -0.1) is 0 Å². The number of ether oxygens (including phenoxy) is 2. The Kier molecular flexibility index (Phi) is 4.42. The summed E-state index contributed by atoms with van der Waals surface area (Å²) in [5.74, 6) is -0.530. The number of methoxy groups -OCH3 is 1. The molecule has 7 heteroatoms. The van der Waals surface area contributed by atoms with Gasteiger partial charge in [0.15, 0.2) is 0 Å². The Morgan fingerprint density at radius 2 is 2.29 bits per heavy atom. The third kappa shape index (κ3) is 3.49. The maximum Gasteiger partial charge on any atom is 0.337 e. The summed E-state index contributed by atoms with van der Waals surface area (Å²) in [6.07, 6.45) is 1.72. The molecule has 21 heavy (non-hydrogen) atoms. The lowest BCUT2D eigenvalue weighted by Gasteiger charge is -2.35. The van der Waals surface area contributed by atoms with Gasteiger partial charge in [-0.05, 0) is 31.9 Å². The number of nitrogens with zero attached hydrogens (tertiary/aromatic N) is 1. The molecule has 7 nitrogen and oxygen atoms in total. The average molecular weight is 294 g/mol. The van der Waals surface area contributed by atoms with E-state index in [-0.39, 0.29) is 11.3 Å². The van der Waals surface area contributed by atoms with Crippen LogP contribution in [0.25, 0.3) is 0 Å². The van der Waals surface area contributed by atoms with E-state index in [1.165, 1.54) is 25.3 Å². The van der Waals surface area contributed by atoms with Crippen molar-refractivity contribution in [2.45, 2.75) is 25.3 Å². The lowest BCUT2D eigenvalue weighted by atomic mass is 9.94. The van der Waals surface area contributed by atoms with Gasteiger partial charge in [0.05, 0.1) is 29.7 Å². The van der Waals surface area contributed by atoms with Crippen molar-refractivity contribution < 1.29 is 19.2 Å². The minimum Gasteiger partial charge on any atom is -0.465 e. The predicted molar refractivity (Wildman–Crippen MR) is 76.5 cm³/mol. The van der Waals surface area contributed by atoms with E-state index in [1.54, 1.807) is 0 Å². The third-order valence-corrected chi connectivity index (χ3v) is 3.49. The van der Waals surface area contributed by atoms with E-state index in [0.29, 0.717) is 18.9 Å². The Balaban J connectivity index is 2.34. The number of nitrogens with one attached hydrogen (secondary N) is 1. The van der Waals surface area contributed by atoms with Crippen molar-refractivity contribution in [2.24, 2.45) is 0 Å². The van der Waals surface area contributed by atoms with E-state index in [4.69, 9.17) is 4.74 Å². The number of carbonyl (C=O) groups is 1. The number of benzene rings is 1. The molecule has 0 bridgehead atoms. The zero-order valence-corrected chi connectivity index (χ0v) is 12.0. The molecular weight excluding hydrogens is 276 g/mol. The topological polar surface area (TPSA) is 90.7 Å². The Hall–Kier alpha value is -2.15. The second-order valence-electron chi connectivity index (χ2n) is 5.32. The molecule has 1 atom stereocenters. The van der Waals surface area contributed by atoms with Crippen LogP contribution in [-0.2, 0) is 9.47 Å².